The van der Waals surface area contributed by atoms with E-state index in [9.17, 15) is 0 Å². The molecule has 10 nitrogen and oxygen atoms in total. The molecule has 2 aliphatic heterocycles. The Balaban J connectivity index is 1.28. The Morgan fingerprint density at radius 2 is 2.05 bits per heavy atom. The van der Waals surface area contributed by atoms with E-state index in [2.05, 4.69) is 47.3 Å². The highest BCUT2D eigenvalue weighted by molar-refractivity contribution is 7.80. The fourth-order valence-corrected chi connectivity index (χ4v) is 5.47. The first-order valence-electron chi connectivity index (χ1n) is 13.1. The lowest BCUT2D eigenvalue weighted by atomic mass is 9.92. The van der Waals surface area contributed by atoms with Crippen molar-refractivity contribution in [2.24, 2.45) is 5.92 Å². The number of nitrogens with one attached hydrogen (secondary N) is 3. The van der Waals surface area contributed by atoms with Crippen LogP contribution in [0.1, 0.15) is 32.0 Å². The predicted molar refractivity (Wildman–Crippen MR) is 148 cm³/mol. The summed E-state index contributed by atoms with van der Waals surface area (Å²) in [5, 5.41) is 8.50. The van der Waals surface area contributed by atoms with Crippen molar-refractivity contribution in [2.75, 3.05) is 51.3 Å². The van der Waals surface area contributed by atoms with E-state index in [1.165, 1.54) is 12.8 Å². The van der Waals surface area contributed by atoms with E-state index in [0.29, 0.717) is 18.2 Å². The van der Waals surface area contributed by atoms with Gasteiger partial charge in [-0.25, -0.2) is 15.0 Å². The Bertz CT molecular complexity index is 1180. The molecule has 11 heteroatoms. The van der Waals surface area contributed by atoms with Crippen LogP contribution in [0, 0.1) is 5.92 Å². The van der Waals surface area contributed by atoms with Crippen molar-refractivity contribution in [1.29, 1.82) is 0 Å². The van der Waals surface area contributed by atoms with Crippen LogP contribution in [-0.2, 0) is 6.54 Å². The largest absolute Gasteiger partial charge is 0.493 e. The Morgan fingerprint density at radius 3 is 2.76 bits per heavy atom. The average molecular weight is 525 g/mol. The topological polar surface area (TPSA) is 103 Å². The van der Waals surface area contributed by atoms with Crippen LogP contribution in [0.3, 0.4) is 0 Å². The highest BCUT2D eigenvalue weighted by Gasteiger charge is 2.26. The third-order valence-electron chi connectivity index (χ3n) is 7.27. The summed E-state index contributed by atoms with van der Waals surface area (Å²) in [5.41, 5.74) is 0.857. The van der Waals surface area contributed by atoms with Crippen LogP contribution >= 0.6 is 12.2 Å². The Kier molecular flexibility index (Phi) is 8.20. The lowest BCUT2D eigenvalue weighted by molar-refractivity contribution is 0.108. The molecule has 0 radical (unpaired) electrons. The number of piperazine rings is 1. The lowest BCUT2D eigenvalue weighted by Gasteiger charge is -2.37. The van der Waals surface area contributed by atoms with Gasteiger partial charge in [0.25, 0.3) is 0 Å². The van der Waals surface area contributed by atoms with E-state index in [0.717, 1.165) is 79.1 Å². The maximum Gasteiger partial charge on any atom is 0.169 e. The SMILES string of the molecule is CCC(Oc1cc2ncnc(N3CCN(C(=S)NCc4ncc[nH]4)CC3)c2cc1OC)C1CCCNC1. The van der Waals surface area contributed by atoms with Gasteiger partial charge in [-0.05, 0) is 44.1 Å². The second-order valence-electron chi connectivity index (χ2n) is 9.56. The van der Waals surface area contributed by atoms with Gasteiger partial charge in [0.15, 0.2) is 16.6 Å². The molecule has 3 N–H and O–H groups in total. The minimum atomic E-state index is 0.138. The summed E-state index contributed by atoms with van der Waals surface area (Å²) >= 11 is 5.61. The highest BCUT2D eigenvalue weighted by Crippen LogP contribution is 2.37. The molecule has 0 amide bonds. The molecule has 0 saturated carbocycles. The molecule has 2 unspecified atom stereocenters. The number of thiocarbonyl (C=S) groups is 1. The van der Waals surface area contributed by atoms with Crippen LogP contribution < -0.4 is 25.0 Å². The lowest BCUT2D eigenvalue weighted by Crippen LogP contribution is -2.51. The molecule has 0 bridgehead atoms. The molecule has 198 valence electrons. The van der Waals surface area contributed by atoms with Crippen LogP contribution in [0.4, 0.5) is 5.82 Å². The number of imidazole rings is 1. The number of H-pyrrole nitrogens is 1. The quantitative estimate of drug-likeness (QED) is 0.381. The van der Waals surface area contributed by atoms with Gasteiger partial charge < -0.3 is 34.9 Å². The van der Waals surface area contributed by atoms with Crippen molar-refractivity contribution >= 4 is 34.1 Å². The average Bonchev–Trinajstić information content (AvgIpc) is 3.48. The molecule has 1 aromatic carbocycles. The van der Waals surface area contributed by atoms with E-state index in [-0.39, 0.29) is 6.10 Å². The molecule has 2 aliphatic rings. The van der Waals surface area contributed by atoms with Crippen LogP contribution in [0.25, 0.3) is 10.9 Å². The van der Waals surface area contributed by atoms with Gasteiger partial charge in [-0.1, -0.05) is 6.92 Å². The number of fused-ring (bicyclic) bond motifs is 1. The molecular formula is C26H36N8O2S. The number of piperidine rings is 1. The molecule has 0 aliphatic carbocycles. The molecular weight excluding hydrogens is 488 g/mol. The summed E-state index contributed by atoms with van der Waals surface area (Å²) in [5.74, 6) is 3.73. The Hall–Kier alpha value is -3.18. The number of benzene rings is 1. The number of rotatable bonds is 8. The van der Waals surface area contributed by atoms with E-state index < -0.39 is 0 Å². The summed E-state index contributed by atoms with van der Waals surface area (Å²) in [6, 6.07) is 4.02. The summed E-state index contributed by atoms with van der Waals surface area (Å²) in [4.78, 5) is 21.0. The molecule has 2 fully saturated rings. The fraction of sp³-hybridized carbons (Fsp3) is 0.538. The van der Waals surface area contributed by atoms with Gasteiger partial charge in [-0.3, -0.25) is 0 Å². The van der Waals surface area contributed by atoms with Gasteiger partial charge >= 0.3 is 0 Å². The number of nitrogens with zero attached hydrogens (tertiary/aromatic N) is 5. The molecule has 0 spiro atoms. The van der Waals surface area contributed by atoms with Gasteiger partial charge in [-0.2, -0.15) is 0 Å². The van der Waals surface area contributed by atoms with Crippen LogP contribution in [0.5, 0.6) is 11.5 Å². The summed E-state index contributed by atoms with van der Waals surface area (Å²) in [6.07, 6.45) is 8.65. The number of anilines is 1. The smallest absolute Gasteiger partial charge is 0.169 e. The molecule has 2 atom stereocenters. The van der Waals surface area contributed by atoms with Crippen LogP contribution in [0.2, 0.25) is 0 Å². The third-order valence-corrected chi connectivity index (χ3v) is 7.67. The number of aromatic amines is 1. The van der Waals surface area contributed by atoms with Crippen molar-refractivity contribution in [3.05, 3.63) is 36.7 Å². The molecule has 2 saturated heterocycles. The van der Waals surface area contributed by atoms with Crippen LogP contribution in [-0.4, -0.2) is 82.4 Å². The van der Waals surface area contributed by atoms with Gasteiger partial charge in [0.2, 0.25) is 0 Å². The maximum absolute atomic E-state index is 6.54. The van der Waals surface area contributed by atoms with Gasteiger partial charge in [0.1, 0.15) is 24.1 Å². The first-order chi connectivity index (χ1) is 18.2. The first-order valence-corrected chi connectivity index (χ1v) is 13.5. The second-order valence-corrected chi connectivity index (χ2v) is 9.94. The Labute approximate surface area is 223 Å². The van der Waals surface area contributed by atoms with Crippen molar-refractivity contribution in [3.8, 4) is 11.5 Å². The molecule has 5 rings (SSSR count). The number of ether oxygens (including phenoxy) is 2. The highest BCUT2D eigenvalue weighted by atomic mass is 32.1. The van der Waals surface area contributed by atoms with Gasteiger partial charge in [-0.15, -0.1) is 0 Å². The number of hydrogen-bond donors (Lipinski definition) is 3. The first kappa shape index (κ1) is 25.5. The summed E-state index contributed by atoms with van der Waals surface area (Å²) in [7, 11) is 1.69. The zero-order chi connectivity index (χ0) is 25.6. The molecule has 37 heavy (non-hydrogen) atoms. The van der Waals surface area contributed by atoms with Crippen LogP contribution in [0.15, 0.2) is 30.9 Å². The van der Waals surface area contributed by atoms with E-state index >= 15 is 0 Å². The van der Waals surface area contributed by atoms with Gasteiger partial charge in [0, 0.05) is 62.5 Å². The predicted octanol–water partition coefficient (Wildman–Crippen LogP) is 2.72. The maximum atomic E-state index is 6.54. The van der Waals surface area contributed by atoms with Crippen molar-refractivity contribution in [1.82, 2.24) is 35.5 Å². The fourth-order valence-electron chi connectivity index (χ4n) is 5.21. The molecule has 4 heterocycles. The number of methoxy groups -OCH3 is 1. The zero-order valence-corrected chi connectivity index (χ0v) is 22.4. The Morgan fingerprint density at radius 1 is 1.19 bits per heavy atom. The summed E-state index contributed by atoms with van der Waals surface area (Å²) < 4.78 is 12.3. The standard InChI is InChI=1S/C26H36N8O2S/c1-3-21(18-5-4-6-27-15-18)36-23-14-20-19(13-22(23)35-2)25(32-17-31-20)33-9-11-34(12-10-33)26(37)30-16-24-28-7-8-29-24/h7-8,13-14,17-18,21,27H,3-6,9-12,15-16H2,1-2H3,(H,28,29)(H,30,37). The molecule has 2 aromatic heterocycles. The van der Waals surface area contributed by atoms with Crippen molar-refractivity contribution < 1.29 is 9.47 Å². The minimum absolute atomic E-state index is 0.138. The summed E-state index contributed by atoms with van der Waals surface area (Å²) in [6.45, 7) is 8.09. The van der Waals surface area contributed by atoms with Crippen molar-refractivity contribution in [3.63, 3.8) is 0 Å². The monoisotopic (exact) mass is 524 g/mol. The number of aromatic nitrogens is 4. The van der Waals surface area contributed by atoms with E-state index in [1.807, 2.05) is 18.3 Å². The third kappa shape index (κ3) is 5.88. The van der Waals surface area contributed by atoms with Crippen molar-refractivity contribution in [2.45, 2.75) is 38.8 Å². The number of hydrogen-bond acceptors (Lipinski definition) is 8. The zero-order valence-electron chi connectivity index (χ0n) is 21.6. The minimum Gasteiger partial charge on any atom is -0.493 e. The van der Waals surface area contributed by atoms with Gasteiger partial charge in [0.05, 0.1) is 19.2 Å². The second kappa shape index (κ2) is 11.9. The van der Waals surface area contributed by atoms with E-state index in [4.69, 9.17) is 21.7 Å². The normalized spacial score (nSPS) is 19.0. The van der Waals surface area contributed by atoms with E-state index in [1.54, 1.807) is 19.6 Å². The molecule has 3 aromatic rings.